The van der Waals surface area contributed by atoms with Crippen molar-refractivity contribution >= 4 is 5.69 Å². The predicted molar refractivity (Wildman–Crippen MR) is 74.4 cm³/mol. The summed E-state index contributed by atoms with van der Waals surface area (Å²) in [6.07, 6.45) is 2.32. The van der Waals surface area contributed by atoms with Gasteiger partial charge in [-0.1, -0.05) is 26.0 Å². The van der Waals surface area contributed by atoms with Crippen LogP contribution in [0.15, 0.2) is 18.2 Å². The van der Waals surface area contributed by atoms with Crippen LogP contribution < -0.4 is 10.2 Å². The van der Waals surface area contributed by atoms with Gasteiger partial charge in [0.05, 0.1) is 5.69 Å². The second kappa shape index (κ2) is 5.70. The highest BCUT2D eigenvalue weighted by Crippen LogP contribution is 2.31. The fourth-order valence-electron chi connectivity index (χ4n) is 2.60. The highest BCUT2D eigenvalue weighted by Gasteiger charge is 2.25. The Kier molecular flexibility index (Phi) is 4.23. The maximum Gasteiger partial charge on any atom is 0.146 e. The van der Waals surface area contributed by atoms with Crippen LogP contribution in [0.5, 0.6) is 0 Å². The molecule has 1 unspecified atom stereocenters. The average molecular weight is 250 g/mol. The number of hydrogen-bond acceptors (Lipinski definition) is 2. The lowest BCUT2D eigenvalue weighted by Crippen LogP contribution is -2.30. The molecule has 1 aliphatic heterocycles. The van der Waals surface area contributed by atoms with E-state index >= 15 is 0 Å². The Bertz CT molecular complexity index is 403. The molecule has 1 aromatic rings. The van der Waals surface area contributed by atoms with Crippen molar-refractivity contribution < 1.29 is 4.39 Å². The molecule has 1 fully saturated rings. The summed E-state index contributed by atoms with van der Waals surface area (Å²) < 4.78 is 14.1. The molecular formula is C15H23FN2. The van der Waals surface area contributed by atoms with Crippen molar-refractivity contribution in [2.24, 2.45) is 0 Å². The van der Waals surface area contributed by atoms with Crippen LogP contribution in [0.4, 0.5) is 10.1 Å². The van der Waals surface area contributed by atoms with Crippen LogP contribution in [0.1, 0.15) is 39.2 Å². The second-order valence-corrected chi connectivity index (χ2v) is 5.47. The molecule has 1 N–H and O–H groups in total. The molecule has 0 bridgehead atoms. The molecule has 0 aromatic heterocycles. The van der Waals surface area contributed by atoms with E-state index in [1.165, 1.54) is 0 Å². The quantitative estimate of drug-likeness (QED) is 0.882. The minimum absolute atomic E-state index is 0.0909. The van der Waals surface area contributed by atoms with Gasteiger partial charge < -0.3 is 10.2 Å². The normalized spacial score (nSPS) is 19.8. The largest absolute Gasteiger partial charge is 0.366 e. The molecule has 0 aliphatic carbocycles. The molecule has 18 heavy (non-hydrogen) atoms. The lowest BCUT2D eigenvalue weighted by Gasteiger charge is -2.27. The van der Waals surface area contributed by atoms with Crippen molar-refractivity contribution in [3.05, 3.63) is 29.6 Å². The van der Waals surface area contributed by atoms with Gasteiger partial charge in [0.25, 0.3) is 0 Å². The minimum Gasteiger partial charge on any atom is -0.366 e. The van der Waals surface area contributed by atoms with Gasteiger partial charge in [-0.3, -0.25) is 0 Å². The van der Waals surface area contributed by atoms with Crippen molar-refractivity contribution in [1.82, 2.24) is 5.32 Å². The first-order valence-corrected chi connectivity index (χ1v) is 6.87. The summed E-state index contributed by atoms with van der Waals surface area (Å²) in [5.41, 5.74) is 1.87. The van der Waals surface area contributed by atoms with Gasteiger partial charge in [-0.05, 0) is 31.4 Å². The van der Waals surface area contributed by atoms with Gasteiger partial charge in [-0.2, -0.15) is 0 Å². The van der Waals surface area contributed by atoms with Gasteiger partial charge in [-0.25, -0.2) is 4.39 Å². The van der Waals surface area contributed by atoms with Crippen LogP contribution in [0.3, 0.4) is 0 Å². The number of nitrogens with one attached hydrogen (secondary N) is 1. The summed E-state index contributed by atoms with van der Waals surface area (Å²) >= 11 is 0. The zero-order valence-corrected chi connectivity index (χ0v) is 11.5. The molecular weight excluding hydrogens is 227 g/mol. The third-order valence-electron chi connectivity index (χ3n) is 3.61. The molecule has 1 heterocycles. The Morgan fingerprint density at radius 3 is 2.83 bits per heavy atom. The van der Waals surface area contributed by atoms with E-state index in [0.717, 1.165) is 37.2 Å². The van der Waals surface area contributed by atoms with E-state index in [1.54, 1.807) is 12.1 Å². The molecule has 3 heteroatoms. The highest BCUT2D eigenvalue weighted by molar-refractivity contribution is 5.56. The van der Waals surface area contributed by atoms with Crippen molar-refractivity contribution in [2.45, 2.75) is 52.2 Å². The molecule has 1 aromatic carbocycles. The van der Waals surface area contributed by atoms with E-state index in [9.17, 15) is 4.39 Å². The van der Waals surface area contributed by atoms with Crippen molar-refractivity contribution in [1.29, 1.82) is 0 Å². The molecule has 0 amide bonds. The number of benzene rings is 1. The van der Waals surface area contributed by atoms with Crippen molar-refractivity contribution in [2.75, 3.05) is 11.4 Å². The number of para-hydroxylation sites is 1. The summed E-state index contributed by atoms with van der Waals surface area (Å²) in [6, 6.07) is 6.26. The van der Waals surface area contributed by atoms with Gasteiger partial charge >= 0.3 is 0 Å². The summed E-state index contributed by atoms with van der Waals surface area (Å²) in [7, 11) is 0. The smallest absolute Gasteiger partial charge is 0.146 e. The molecule has 1 aliphatic rings. The summed E-state index contributed by atoms with van der Waals surface area (Å²) in [6.45, 7) is 8.10. The molecule has 0 saturated carbocycles. The summed E-state index contributed by atoms with van der Waals surface area (Å²) in [5.74, 6) is -0.0909. The Balaban J connectivity index is 2.26. The number of rotatable bonds is 4. The van der Waals surface area contributed by atoms with Gasteiger partial charge in [0, 0.05) is 25.2 Å². The third kappa shape index (κ3) is 2.83. The fourth-order valence-corrected chi connectivity index (χ4v) is 2.60. The number of halogens is 1. The van der Waals surface area contributed by atoms with Crippen LogP contribution in [-0.4, -0.2) is 18.6 Å². The minimum atomic E-state index is -0.0909. The molecule has 2 rings (SSSR count). The Morgan fingerprint density at radius 2 is 2.22 bits per heavy atom. The second-order valence-electron chi connectivity index (χ2n) is 5.47. The third-order valence-corrected chi connectivity index (χ3v) is 3.61. The Hall–Kier alpha value is -1.09. The predicted octanol–water partition coefficient (Wildman–Crippen LogP) is 3.31. The van der Waals surface area contributed by atoms with Crippen LogP contribution in [0, 0.1) is 5.82 Å². The van der Waals surface area contributed by atoms with Gasteiger partial charge in [-0.15, -0.1) is 0 Å². The fraction of sp³-hybridized carbons (Fsp3) is 0.600. The molecule has 2 nitrogen and oxygen atoms in total. The van der Waals surface area contributed by atoms with Crippen LogP contribution >= 0.6 is 0 Å². The van der Waals surface area contributed by atoms with E-state index < -0.39 is 0 Å². The lowest BCUT2D eigenvalue weighted by atomic mass is 10.1. The standard InChI is InChI=1S/C15H23FN2/c1-11(2)17-10-13-7-4-8-14(16)15(13)18-9-5-6-12(18)3/h4,7-8,11-12,17H,5-6,9-10H2,1-3H3. The topological polar surface area (TPSA) is 15.3 Å². The number of anilines is 1. The van der Waals surface area contributed by atoms with E-state index in [-0.39, 0.29) is 5.82 Å². The first-order chi connectivity index (χ1) is 8.59. The van der Waals surface area contributed by atoms with E-state index in [2.05, 4.69) is 31.0 Å². The number of hydrogen-bond donors (Lipinski definition) is 1. The highest BCUT2D eigenvalue weighted by atomic mass is 19.1. The van der Waals surface area contributed by atoms with Crippen molar-refractivity contribution in [3.8, 4) is 0 Å². The molecule has 0 radical (unpaired) electrons. The monoisotopic (exact) mass is 250 g/mol. The van der Waals surface area contributed by atoms with Gasteiger partial charge in [0.2, 0.25) is 0 Å². The Labute approximate surface area is 109 Å². The summed E-state index contributed by atoms with van der Waals surface area (Å²) in [5, 5.41) is 3.37. The molecule has 1 atom stereocenters. The van der Waals surface area contributed by atoms with Crippen molar-refractivity contribution in [3.63, 3.8) is 0 Å². The van der Waals surface area contributed by atoms with Crippen LogP contribution in [-0.2, 0) is 6.54 Å². The maximum absolute atomic E-state index is 14.1. The van der Waals surface area contributed by atoms with E-state index in [4.69, 9.17) is 0 Å². The van der Waals surface area contributed by atoms with Crippen LogP contribution in [0.2, 0.25) is 0 Å². The molecule has 0 spiro atoms. The zero-order valence-electron chi connectivity index (χ0n) is 11.5. The zero-order chi connectivity index (χ0) is 13.1. The first kappa shape index (κ1) is 13.3. The van der Waals surface area contributed by atoms with Crippen LogP contribution in [0.25, 0.3) is 0 Å². The average Bonchev–Trinajstić information content (AvgIpc) is 2.72. The maximum atomic E-state index is 14.1. The lowest BCUT2D eigenvalue weighted by molar-refractivity contribution is 0.576. The van der Waals surface area contributed by atoms with E-state index in [0.29, 0.717) is 12.1 Å². The SMILES string of the molecule is CC(C)NCc1cccc(F)c1N1CCCC1C. The van der Waals surface area contributed by atoms with Gasteiger partial charge in [0.15, 0.2) is 0 Å². The number of nitrogens with zero attached hydrogens (tertiary/aromatic N) is 1. The Morgan fingerprint density at radius 1 is 1.44 bits per heavy atom. The van der Waals surface area contributed by atoms with E-state index in [1.807, 2.05) is 6.07 Å². The molecule has 1 saturated heterocycles. The first-order valence-electron chi connectivity index (χ1n) is 6.87. The van der Waals surface area contributed by atoms with Gasteiger partial charge in [0.1, 0.15) is 5.82 Å². The molecule has 100 valence electrons. The summed E-state index contributed by atoms with van der Waals surface area (Å²) in [4.78, 5) is 2.21.